The lowest BCUT2D eigenvalue weighted by molar-refractivity contribution is -0.140. The quantitative estimate of drug-likeness (QED) is 0.232. The number of ether oxygens (including phenoxy) is 1. The van der Waals surface area contributed by atoms with Crippen LogP contribution in [0.4, 0.5) is 34.5 Å². The Bertz CT molecular complexity index is 1470. The highest BCUT2D eigenvalue weighted by Gasteiger charge is 2.31. The second kappa shape index (κ2) is 15.1. The highest BCUT2D eigenvalue weighted by molar-refractivity contribution is 7.85. The van der Waals surface area contributed by atoms with Gasteiger partial charge in [-0.1, -0.05) is 23.7 Å². The van der Waals surface area contributed by atoms with Crippen LogP contribution in [0, 0.1) is 11.8 Å². The molecule has 2 saturated heterocycles. The monoisotopic (exact) mass is 663 g/mol. The van der Waals surface area contributed by atoms with Crippen LogP contribution in [-0.4, -0.2) is 83.3 Å². The molecular weight excluding hydrogens is 625 g/mol. The zero-order valence-corrected chi connectivity index (χ0v) is 27.4. The Kier molecular flexibility index (Phi) is 11.5. The number of nitrogens with one attached hydrogen (secondary N) is 2. The predicted molar refractivity (Wildman–Crippen MR) is 180 cm³/mol. The number of rotatable bonds is 12. The summed E-state index contributed by atoms with van der Waals surface area (Å²) in [6.07, 6.45) is 6.57. The molecule has 0 saturated carbocycles. The van der Waals surface area contributed by atoms with Gasteiger partial charge in [-0.3, -0.25) is 14.0 Å². The van der Waals surface area contributed by atoms with Crippen molar-refractivity contribution in [2.75, 3.05) is 73.0 Å². The first-order valence-corrected chi connectivity index (χ1v) is 16.2. The van der Waals surface area contributed by atoms with E-state index in [2.05, 4.69) is 31.6 Å². The van der Waals surface area contributed by atoms with Crippen molar-refractivity contribution in [2.24, 2.45) is 11.8 Å². The molecule has 14 heteroatoms. The molecule has 2 aliphatic heterocycles. The van der Waals surface area contributed by atoms with Crippen LogP contribution in [0.2, 0.25) is 5.02 Å². The van der Waals surface area contributed by atoms with Gasteiger partial charge in [0.25, 0.3) is 0 Å². The summed E-state index contributed by atoms with van der Waals surface area (Å²) in [5, 5.41) is 15.8. The SMILES string of the molecule is COc1cc(N2CCC(CC3CN(CC(=O)O)C3)CC2)ccc1Nc1ncc(Cl)c(Nc2ccccc2N(C)S(C)=O)n1.Cl. The van der Waals surface area contributed by atoms with Crippen molar-refractivity contribution in [3.63, 3.8) is 0 Å². The summed E-state index contributed by atoms with van der Waals surface area (Å²) in [6, 6.07) is 13.6. The molecule has 0 bridgehead atoms. The van der Waals surface area contributed by atoms with E-state index in [4.69, 9.17) is 21.4 Å². The molecule has 2 fully saturated rings. The van der Waals surface area contributed by atoms with Gasteiger partial charge in [-0.05, 0) is 55.4 Å². The number of methoxy groups -OCH3 is 1. The average Bonchev–Trinajstić information content (AvgIpc) is 2.98. The minimum atomic E-state index is -1.20. The molecule has 1 aromatic heterocycles. The topological polar surface area (TPSA) is 123 Å². The van der Waals surface area contributed by atoms with Gasteiger partial charge in [0.2, 0.25) is 5.95 Å². The van der Waals surface area contributed by atoms with Gasteiger partial charge in [0.05, 0.1) is 36.9 Å². The number of carboxylic acids is 1. The molecule has 11 nitrogen and oxygen atoms in total. The molecule has 2 aliphatic rings. The molecule has 3 N–H and O–H groups in total. The Hall–Kier alpha value is -3.32. The molecule has 1 atom stereocenters. The van der Waals surface area contributed by atoms with Crippen molar-refractivity contribution in [2.45, 2.75) is 19.3 Å². The third-order valence-electron chi connectivity index (χ3n) is 8.10. The summed E-state index contributed by atoms with van der Waals surface area (Å²) >= 11 is 6.44. The van der Waals surface area contributed by atoms with Gasteiger partial charge >= 0.3 is 5.97 Å². The van der Waals surface area contributed by atoms with Crippen LogP contribution in [0.3, 0.4) is 0 Å². The molecule has 0 amide bonds. The average molecular weight is 665 g/mol. The normalized spacial score (nSPS) is 16.4. The largest absolute Gasteiger partial charge is 0.494 e. The molecule has 0 aliphatic carbocycles. The van der Waals surface area contributed by atoms with Gasteiger partial charge in [-0.25, -0.2) is 9.19 Å². The number of carboxylic acid groups (broad SMARTS) is 1. The molecule has 2 aromatic carbocycles. The second-order valence-corrected chi connectivity index (χ2v) is 12.9. The Morgan fingerprint density at radius 1 is 1.14 bits per heavy atom. The summed E-state index contributed by atoms with van der Waals surface area (Å²) in [6.45, 7) is 3.91. The fraction of sp³-hybridized carbons (Fsp3) is 0.433. The van der Waals surface area contributed by atoms with E-state index in [9.17, 15) is 9.00 Å². The number of benzene rings is 2. The highest BCUT2D eigenvalue weighted by atomic mass is 35.5. The fourth-order valence-corrected chi connectivity index (χ4v) is 6.35. The molecule has 1 unspecified atom stereocenters. The number of carbonyl (C=O) groups is 1. The van der Waals surface area contributed by atoms with Crippen molar-refractivity contribution in [3.8, 4) is 5.75 Å². The van der Waals surface area contributed by atoms with E-state index in [-0.39, 0.29) is 19.0 Å². The second-order valence-electron chi connectivity index (χ2n) is 11.1. The van der Waals surface area contributed by atoms with E-state index in [0.717, 1.165) is 56.1 Å². The van der Waals surface area contributed by atoms with E-state index in [0.29, 0.717) is 40.1 Å². The summed E-state index contributed by atoms with van der Waals surface area (Å²) in [7, 11) is 2.20. The lowest BCUT2D eigenvalue weighted by atomic mass is 9.83. The molecule has 0 radical (unpaired) electrons. The number of anilines is 6. The Morgan fingerprint density at radius 2 is 1.86 bits per heavy atom. The van der Waals surface area contributed by atoms with Gasteiger partial charge in [0.1, 0.15) is 21.8 Å². The van der Waals surface area contributed by atoms with Crippen LogP contribution >= 0.6 is 24.0 Å². The van der Waals surface area contributed by atoms with Gasteiger partial charge in [-0.15, -0.1) is 12.4 Å². The van der Waals surface area contributed by atoms with Crippen LogP contribution in [0.1, 0.15) is 19.3 Å². The smallest absolute Gasteiger partial charge is 0.317 e. The van der Waals surface area contributed by atoms with Crippen molar-refractivity contribution < 1.29 is 18.8 Å². The zero-order chi connectivity index (χ0) is 30.5. The fourth-order valence-electron chi connectivity index (χ4n) is 5.78. The van der Waals surface area contributed by atoms with Gasteiger partial charge in [-0.2, -0.15) is 4.98 Å². The van der Waals surface area contributed by atoms with Crippen LogP contribution in [0.25, 0.3) is 0 Å². The lowest BCUT2D eigenvalue weighted by Crippen LogP contribution is -2.49. The first-order chi connectivity index (χ1) is 20.7. The maximum Gasteiger partial charge on any atom is 0.317 e. The Morgan fingerprint density at radius 3 is 2.55 bits per heavy atom. The van der Waals surface area contributed by atoms with E-state index in [1.807, 2.05) is 41.3 Å². The summed E-state index contributed by atoms with van der Waals surface area (Å²) in [5.74, 6) is 1.99. The molecule has 238 valence electrons. The third kappa shape index (κ3) is 8.23. The standard InChI is InChI=1S/C30H38ClN7O4S.ClH/c1-36(43(3)41)26-7-5-4-6-24(26)33-29-23(31)16-32-30(35-29)34-25-9-8-22(15-27(25)42-2)38-12-10-20(11-13-38)14-21-17-37(18-21)19-28(39)40;/h4-9,15-16,20-21H,10-14,17-19H2,1-3H3,(H,39,40)(H2,32,33,34,35);1H. The van der Waals surface area contributed by atoms with Crippen molar-refractivity contribution in [1.82, 2.24) is 14.9 Å². The minimum Gasteiger partial charge on any atom is -0.494 e. The Balaban J connectivity index is 0.00000442. The maximum absolute atomic E-state index is 12.1. The van der Waals surface area contributed by atoms with Crippen LogP contribution in [-0.2, 0) is 15.8 Å². The van der Waals surface area contributed by atoms with Crippen molar-refractivity contribution in [1.29, 1.82) is 0 Å². The molecule has 3 aromatic rings. The number of para-hydroxylation sites is 2. The molecule has 5 rings (SSSR count). The van der Waals surface area contributed by atoms with Gasteiger partial charge < -0.3 is 25.4 Å². The number of piperidine rings is 1. The van der Waals surface area contributed by atoms with E-state index in [1.54, 1.807) is 24.7 Å². The molecule has 44 heavy (non-hydrogen) atoms. The number of nitrogens with zero attached hydrogens (tertiary/aromatic N) is 5. The predicted octanol–water partition coefficient (Wildman–Crippen LogP) is 5.40. The van der Waals surface area contributed by atoms with Crippen molar-refractivity contribution in [3.05, 3.63) is 53.7 Å². The Labute approximate surface area is 271 Å². The zero-order valence-electron chi connectivity index (χ0n) is 25.0. The van der Waals surface area contributed by atoms with E-state index < -0.39 is 17.0 Å². The number of aliphatic carboxylic acids is 1. The van der Waals surface area contributed by atoms with E-state index >= 15 is 0 Å². The van der Waals surface area contributed by atoms with Gasteiger partial charge in [0.15, 0.2) is 5.82 Å². The number of likely N-dealkylation sites (tertiary alicyclic amines) is 1. The molecule has 3 heterocycles. The number of hydrogen-bond acceptors (Lipinski definition) is 9. The first kappa shape index (κ1) is 33.6. The van der Waals surface area contributed by atoms with Crippen LogP contribution in [0.15, 0.2) is 48.7 Å². The molecular formula is C30H39Cl2N7O4S. The summed E-state index contributed by atoms with van der Waals surface area (Å²) in [4.78, 5) is 24.2. The van der Waals surface area contributed by atoms with Crippen LogP contribution < -0.4 is 24.6 Å². The number of halogens is 2. The maximum atomic E-state index is 12.1. The number of aromatic nitrogens is 2. The van der Waals surface area contributed by atoms with E-state index in [1.165, 1.54) is 12.6 Å². The summed E-state index contributed by atoms with van der Waals surface area (Å²) in [5.41, 5.74) is 3.29. The minimum absolute atomic E-state index is 0. The number of hydrogen-bond donors (Lipinski definition) is 3. The lowest BCUT2D eigenvalue weighted by Gasteiger charge is -2.42. The summed E-state index contributed by atoms with van der Waals surface area (Å²) < 4.78 is 19.5. The third-order valence-corrected chi connectivity index (χ3v) is 9.34. The highest BCUT2D eigenvalue weighted by Crippen LogP contribution is 2.36. The van der Waals surface area contributed by atoms with Gasteiger partial charge in [0, 0.05) is 51.2 Å². The molecule has 0 spiro atoms. The van der Waals surface area contributed by atoms with Crippen LogP contribution in [0.5, 0.6) is 5.75 Å². The first-order valence-electron chi connectivity index (χ1n) is 14.3. The van der Waals surface area contributed by atoms with Crippen molar-refractivity contribution >= 4 is 75.5 Å².